The molecule has 5 heterocycles. The summed E-state index contributed by atoms with van der Waals surface area (Å²) >= 11 is 3.83. The van der Waals surface area contributed by atoms with Crippen molar-refractivity contribution in [3.63, 3.8) is 0 Å². The monoisotopic (exact) mass is 590 g/mol. The number of hydrogen-bond donors (Lipinski definition) is 1. The number of nitrogens with zero attached hydrogens (tertiary/aromatic N) is 7. The minimum absolute atomic E-state index is 0.0827. The third-order valence-corrected chi connectivity index (χ3v) is 7.28. The lowest BCUT2D eigenvalue weighted by Crippen LogP contribution is -2.31. The van der Waals surface area contributed by atoms with Crippen LogP contribution in [-0.4, -0.2) is 68.9 Å². The largest absolute Gasteiger partial charge is 0.487 e. The molecule has 0 aromatic carbocycles. The van der Waals surface area contributed by atoms with Gasteiger partial charge < -0.3 is 24.7 Å². The first-order chi connectivity index (χ1) is 20.5. The van der Waals surface area contributed by atoms with E-state index in [4.69, 9.17) is 15.2 Å². The first-order valence-corrected chi connectivity index (χ1v) is 14.5. The molecular weight excluding hydrogens is 552 g/mol. The number of aromatic nitrogens is 5. The maximum absolute atomic E-state index is 13.6. The predicted octanol–water partition coefficient (Wildman–Crippen LogP) is 4.05. The highest BCUT2D eigenvalue weighted by Gasteiger charge is 2.23. The van der Waals surface area contributed by atoms with E-state index >= 15 is 0 Å². The van der Waals surface area contributed by atoms with E-state index in [1.165, 1.54) is 0 Å². The molecule has 0 amide bonds. The standard InChI is InChI=1S/C29H36N8O3.CH2S/c1-4-36(23-7-8-25(30)32-14-23)12-6-5-11-35(16-21-9-10-31-26(13-21)39-3)17-22-18-37-20(2)19-40-24-15-33-34-27(28(24)37)29(22)38;1-2/h7-10,13-15,18,20H,4-6,11-12,16-17,19H2,1-3H3,(H2,30,32);1H2. The summed E-state index contributed by atoms with van der Waals surface area (Å²) in [6.07, 6.45) is 9.06. The molecule has 0 fully saturated rings. The number of methoxy groups -OCH3 is 1. The van der Waals surface area contributed by atoms with E-state index in [0.29, 0.717) is 53.7 Å². The Balaban J connectivity index is 0.00000198. The second kappa shape index (κ2) is 14.6. The number of nitrogen functional groups attached to an aromatic ring is 1. The average Bonchev–Trinajstić information content (AvgIpc) is 3.02. The maximum atomic E-state index is 13.6. The lowest BCUT2D eigenvalue weighted by molar-refractivity contribution is 0.239. The summed E-state index contributed by atoms with van der Waals surface area (Å²) in [6.45, 7) is 8.47. The molecule has 11 nitrogen and oxygen atoms in total. The van der Waals surface area contributed by atoms with Crippen molar-refractivity contribution in [2.24, 2.45) is 0 Å². The van der Waals surface area contributed by atoms with Crippen molar-refractivity contribution >= 4 is 40.6 Å². The summed E-state index contributed by atoms with van der Waals surface area (Å²) in [5, 5.41) is 8.23. The Hall–Kier alpha value is -4.16. The molecule has 1 unspecified atom stereocenters. The van der Waals surface area contributed by atoms with Crippen molar-refractivity contribution in [1.29, 1.82) is 0 Å². The maximum Gasteiger partial charge on any atom is 0.214 e. The van der Waals surface area contributed by atoms with Crippen LogP contribution in [0, 0.1) is 0 Å². The minimum atomic E-state index is -0.108. The zero-order valence-electron chi connectivity index (χ0n) is 24.4. The van der Waals surface area contributed by atoms with Crippen LogP contribution in [-0.2, 0) is 13.1 Å². The van der Waals surface area contributed by atoms with Crippen molar-refractivity contribution < 1.29 is 9.47 Å². The molecule has 0 saturated carbocycles. The highest BCUT2D eigenvalue weighted by Crippen LogP contribution is 2.29. The third-order valence-electron chi connectivity index (χ3n) is 7.28. The van der Waals surface area contributed by atoms with Gasteiger partial charge in [0.15, 0.2) is 11.3 Å². The molecule has 2 N–H and O–H groups in total. The second-order valence-electron chi connectivity index (χ2n) is 10.1. The van der Waals surface area contributed by atoms with E-state index < -0.39 is 0 Å². The Morgan fingerprint density at radius 1 is 1.17 bits per heavy atom. The van der Waals surface area contributed by atoms with Crippen LogP contribution in [0.15, 0.2) is 53.8 Å². The van der Waals surface area contributed by atoms with Crippen LogP contribution in [0.1, 0.15) is 43.9 Å². The van der Waals surface area contributed by atoms with Crippen molar-refractivity contribution in [2.75, 3.05) is 44.0 Å². The summed E-state index contributed by atoms with van der Waals surface area (Å²) in [4.78, 5) is 26.6. The van der Waals surface area contributed by atoms with E-state index in [1.807, 2.05) is 36.7 Å². The molecule has 0 saturated heterocycles. The van der Waals surface area contributed by atoms with Gasteiger partial charge in [-0.25, -0.2) is 9.97 Å². The van der Waals surface area contributed by atoms with Crippen molar-refractivity contribution in [3.8, 4) is 11.6 Å². The summed E-state index contributed by atoms with van der Waals surface area (Å²) in [6, 6.07) is 7.84. The van der Waals surface area contributed by atoms with Crippen LogP contribution in [0.5, 0.6) is 11.6 Å². The van der Waals surface area contributed by atoms with Crippen molar-refractivity contribution in [3.05, 3.63) is 70.4 Å². The molecule has 222 valence electrons. The topological polar surface area (TPSA) is 125 Å². The molecule has 0 radical (unpaired) electrons. The Morgan fingerprint density at radius 3 is 2.71 bits per heavy atom. The summed E-state index contributed by atoms with van der Waals surface area (Å²) < 4.78 is 13.3. The molecule has 1 aliphatic heterocycles. The van der Waals surface area contributed by atoms with E-state index in [9.17, 15) is 4.79 Å². The van der Waals surface area contributed by atoms with E-state index in [1.54, 1.807) is 19.5 Å². The van der Waals surface area contributed by atoms with Gasteiger partial charge in [-0.2, -0.15) is 5.10 Å². The highest BCUT2D eigenvalue weighted by atomic mass is 32.1. The van der Waals surface area contributed by atoms with Crippen LogP contribution in [0.3, 0.4) is 0 Å². The zero-order valence-corrected chi connectivity index (χ0v) is 25.2. The third kappa shape index (κ3) is 7.18. The average molecular weight is 591 g/mol. The van der Waals surface area contributed by atoms with Gasteiger partial charge in [-0.3, -0.25) is 9.69 Å². The van der Waals surface area contributed by atoms with E-state index in [0.717, 1.165) is 43.7 Å². The molecule has 5 rings (SSSR count). The minimum Gasteiger partial charge on any atom is -0.487 e. The molecule has 1 atom stereocenters. The number of rotatable bonds is 12. The Labute approximate surface area is 251 Å². The fourth-order valence-corrected chi connectivity index (χ4v) is 5.13. The van der Waals surface area contributed by atoms with Crippen molar-refractivity contribution in [2.45, 2.75) is 45.8 Å². The van der Waals surface area contributed by atoms with Crippen LogP contribution >= 0.6 is 12.2 Å². The molecule has 4 aromatic heterocycles. The van der Waals surface area contributed by atoms with Gasteiger partial charge in [-0.15, -0.1) is 5.10 Å². The number of thiocarbonyl (C=S) groups is 1. The summed E-state index contributed by atoms with van der Waals surface area (Å²) in [5.41, 5.74) is 9.54. The lowest BCUT2D eigenvalue weighted by atomic mass is 10.1. The SMILES string of the molecule is C=S.CCN(CCCCN(Cc1ccnc(OC)c1)Cc1cn2c3c(cnnc3c1=O)OCC2C)c1ccc(N)nc1. The summed E-state index contributed by atoms with van der Waals surface area (Å²) in [7, 11) is 1.61. The van der Waals surface area contributed by atoms with Crippen LogP contribution in [0.4, 0.5) is 11.5 Å². The number of unbranched alkanes of at least 4 members (excludes halogenated alkanes) is 1. The first-order valence-electron chi connectivity index (χ1n) is 14.0. The van der Waals surface area contributed by atoms with Crippen molar-refractivity contribution in [1.82, 2.24) is 29.6 Å². The first kappa shape index (κ1) is 30.8. The van der Waals surface area contributed by atoms with Gasteiger partial charge in [0.2, 0.25) is 11.3 Å². The Bertz CT molecular complexity index is 1530. The van der Waals surface area contributed by atoms with Gasteiger partial charge in [-0.1, -0.05) is 12.2 Å². The normalized spacial score (nSPS) is 13.8. The van der Waals surface area contributed by atoms with Gasteiger partial charge in [0.1, 0.15) is 17.9 Å². The fourth-order valence-electron chi connectivity index (χ4n) is 5.13. The van der Waals surface area contributed by atoms with Gasteiger partial charge in [0.05, 0.1) is 31.2 Å². The second-order valence-corrected chi connectivity index (χ2v) is 10.1. The molecule has 1 aliphatic rings. The number of nitrogens with two attached hydrogens (primary N) is 1. The number of anilines is 2. The van der Waals surface area contributed by atoms with E-state index in [2.05, 4.69) is 66.5 Å². The van der Waals surface area contributed by atoms with Gasteiger partial charge in [0, 0.05) is 50.2 Å². The summed E-state index contributed by atoms with van der Waals surface area (Å²) in [5.74, 6) is 4.52. The van der Waals surface area contributed by atoms with Crippen LogP contribution in [0.25, 0.3) is 11.0 Å². The molecule has 0 bridgehead atoms. The number of pyridine rings is 3. The lowest BCUT2D eigenvalue weighted by Gasteiger charge is -2.28. The molecule has 0 aliphatic carbocycles. The predicted molar refractivity (Wildman–Crippen MR) is 169 cm³/mol. The molecule has 12 heteroatoms. The van der Waals surface area contributed by atoms with Crippen LogP contribution < -0.4 is 25.5 Å². The molecule has 42 heavy (non-hydrogen) atoms. The molecule has 0 spiro atoms. The molecular formula is C30H38N8O3S. The van der Waals surface area contributed by atoms with Crippen LogP contribution in [0.2, 0.25) is 0 Å². The number of ether oxygens (including phenoxy) is 2. The number of hydrogen-bond acceptors (Lipinski definition) is 11. The van der Waals surface area contributed by atoms with E-state index in [-0.39, 0.29) is 11.5 Å². The van der Waals surface area contributed by atoms with Gasteiger partial charge in [-0.05, 0) is 62.9 Å². The molecule has 4 aromatic rings. The zero-order chi connectivity index (χ0) is 30.1. The fraction of sp³-hybridized carbons (Fsp3) is 0.400. The van der Waals surface area contributed by atoms with Gasteiger partial charge >= 0.3 is 0 Å². The quantitative estimate of drug-likeness (QED) is 0.190. The highest BCUT2D eigenvalue weighted by molar-refractivity contribution is 7.77. The Morgan fingerprint density at radius 2 is 1.98 bits per heavy atom. The van der Waals surface area contributed by atoms with Gasteiger partial charge in [0.25, 0.3) is 0 Å². The smallest absolute Gasteiger partial charge is 0.214 e. The Kier molecular flexibility index (Phi) is 10.7.